The summed E-state index contributed by atoms with van der Waals surface area (Å²) in [5.74, 6) is 1.85. The van der Waals surface area contributed by atoms with Crippen molar-refractivity contribution in [3.8, 4) is 5.75 Å². The number of fused-ring (bicyclic) bond motifs is 1. The molecule has 176 valence electrons. The van der Waals surface area contributed by atoms with Crippen LogP contribution in [0.15, 0.2) is 53.4 Å². The molecule has 0 spiro atoms. The second-order valence-corrected chi connectivity index (χ2v) is 10.1. The van der Waals surface area contributed by atoms with Gasteiger partial charge in [-0.05, 0) is 42.9 Å². The van der Waals surface area contributed by atoms with Gasteiger partial charge in [-0.25, -0.2) is 4.98 Å². The van der Waals surface area contributed by atoms with Crippen molar-refractivity contribution in [2.24, 2.45) is 0 Å². The van der Waals surface area contributed by atoms with Crippen LogP contribution in [0.4, 0.5) is 5.13 Å². The Balaban J connectivity index is 1.39. The molecule has 2 heterocycles. The molecule has 0 radical (unpaired) electrons. The van der Waals surface area contributed by atoms with Crippen LogP contribution < -0.4 is 9.64 Å². The Morgan fingerprint density at radius 1 is 1.18 bits per heavy atom. The Hall–Kier alpha value is -2.13. The summed E-state index contributed by atoms with van der Waals surface area (Å²) in [4.78, 5) is 23.6. The van der Waals surface area contributed by atoms with E-state index >= 15 is 0 Å². The van der Waals surface area contributed by atoms with Crippen LogP contribution in [0.2, 0.25) is 0 Å². The number of anilines is 1. The van der Waals surface area contributed by atoms with E-state index in [2.05, 4.69) is 17.0 Å². The van der Waals surface area contributed by atoms with E-state index in [1.165, 1.54) is 4.90 Å². The van der Waals surface area contributed by atoms with Gasteiger partial charge < -0.3 is 9.47 Å². The molecular weight excluding hydrogens is 454 g/mol. The number of morpholine rings is 1. The summed E-state index contributed by atoms with van der Waals surface area (Å²) in [5, 5.41) is 0.779. The normalized spacial score (nSPS) is 14.5. The number of methoxy groups -OCH3 is 1. The molecule has 2 aromatic carbocycles. The third-order valence-electron chi connectivity index (χ3n) is 5.62. The fourth-order valence-corrected chi connectivity index (χ4v) is 5.67. The van der Waals surface area contributed by atoms with E-state index in [9.17, 15) is 4.79 Å². The second kappa shape index (κ2) is 12.4. The Labute approximate surface area is 203 Å². The zero-order chi connectivity index (χ0) is 22.9. The average Bonchev–Trinajstić information content (AvgIpc) is 3.28. The number of nitrogens with zero attached hydrogens (tertiary/aromatic N) is 3. The minimum atomic E-state index is 0.150. The van der Waals surface area contributed by atoms with E-state index in [4.69, 9.17) is 14.5 Å². The predicted molar refractivity (Wildman–Crippen MR) is 137 cm³/mol. The quantitative estimate of drug-likeness (QED) is 0.283. The zero-order valence-corrected chi connectivity index (χ0v) is 20.7. The van der Waals surface area contributed by atoms with Crippen molar-refractivity contribution < 1.29 is 14.3 Å². The number of amides is 1. The van der Waals surface area contributed by atoms with Gasteiger partial charge in [0.15, 0.2) is 5.13 Å². The minimum absolute atomic E-state index is 0.150. The third-order valence-corrected chi connectivity index (χ3v) is 7.78. The lowest BCUT2D eigenvalue weighted by Crippen LogP contribution is -2.39. The lowest BCUT2D eigenvalue weighted by molar-refractivity contribution is -0.118. The molecule has 1 aliphatic heterocycles. The molecule has 1 aromatic heterocycles. The first-order chi connectivity index (χ1) is 16.2. The standard InChI is InChI=1S/C25H31N3O3S2/c1-30-20-10-11-23-22(19-20)26-25(33-23)28(13-6-12-27-14-16-31-17-15-27)24(29)9-5-18-32-21-7-3-2-4-8-21/h2-4,7-8,10-11,19H,5-6,9,12-18H2,1H3. The first kappa shape index (κ1) is 24.0. The Morgan fingerprint density at radius 3 is 2.79 bits per heavy atom. The molecule has 0 bridgehead atoms. The van der Waals surface area contributed by atoms with Crippen molar-refractivity contribution in [3.63, 3.8) is 0 Å². The van der Waals surface area contributed by atoms with Crippen LogP contribution >= 0.6 is 23.1 Å². The first-order valence-corrected chi connectivity index (χ1v) is 13.3. The van der Waals surface area contributed by atoms with E-state index in [0.717, 1.165) is 72.5 Å². The van der Waals surface area contributed by atoms with Gasteiger partial charge in [0.05, 0.1) is 30.5 Å². The number of hydrogen-bond acceptors (Lipinski definition) is 7. The lowest BCUT2D eigenvalue weighted by Gasteiger charge is -2.27. The molecule has 4 rings (SSSR count). The first-order valence-electron chi connectivity index (χ1n) is 11.5. The van der Waals surface area contributed by atoms with Gasteiger partial charge in [-0.2, -0.15) is 0 Å². The molecule has 33 heavy (non-hydrogen) atoms. The number of aromatic nitrogens is 1. The van der Waals surface area contributed by atoms with E-state index < -0.39 is 0 Å². The zero-order valence-electron chi connectivity index (χ0n) is 19.1. The fraction of sp³-hybridized carbons (Fsp3) is 0.440. The molecular formula is C25H31N3O3S2. The van der Waals surface area contributed by atoms with Crippen LogP contribution in [-0.4, -0.2) is 68.0 Å². The van der Waals surface area contributed by atoms with Crippen LogP contribution in [-0.2, 0) is 9.53 Å². The highest BCUT2D eigenvalue weighted by atomic mass is 32.2. The molecule has 0 saturated carbocycles. The van der Waals surface area contributed by atoms with Crippen LogP contribution in [0, 0.1) is 0 Å². The third kappa shape index (κ3) is 6.93. The van der Waals surface area contributed by atoms with Crippen molar-refractivity contribution in [1.82, 2.24) is 9.88 Å². The molecule has 1 fully saturated rings. The highest BCUT2D eigenvalue weighted by molar-refractivity contribution is 7.99. The maximum absolute atomic E-state index is 13.3. The monoisotopic (exact) mass is 485 g/mol. The number of carbonyl (C=O) groups is 1. The molecule has 6 nitrogen and oxygen atoms in total. The minimum Gasteiger partial charge on any atom is -0.497 e. The van der Waals surface area contributed by atoms with Crippen LogP contribution in [0.3, 0.4) is 0 Å². The van der Waals surface area contributed by atoms with E-state index in [1.807, 2.05) is 41.3 Å². The summed E-state index contributed by atoms with van der Waals surface area (Å²) in [6, 6.07) is 16.2. The van der Waals surface area contributed by atoms with Crippen molar-refractivity contribution in [1.29, 1.82) is 0 Å². The second-order valence-electron chi connectivity index (χ2n) is 7.95. The summed E-state index contributed by atoms with van der Waals surface area (Å²) in [6.45, 7) is 5.16. The van der Waals surface area contributed by atoms with Gasteiger partial charge in [0, 0.05) is 43.6 Å². The number of thiazole rings is 1. The summed E-state index contributed by atoms with van der Waals surface area (Å²) >= 11 is 3.37. The van der Waals surface area contributed by atoms with Crippen molar-refractivity contribution in [2.75, 3.05) is 57.2 Å². The molecule has 3 aromatic rings. The van der Waals surface area contributed by atoms with Crippen molar-refractivity contribution in [2.45, 2.75) is 24.2 Å². The molecule has 0 N–H and O–H groups in total. The lowest BCUT2D eigenvalue weighted by atomic mass is 10.2. The van der Waals surface area contributed by atoms with E-state index in [0.29, 0.717) is 13.0 Å². The molecule has 1 amide bonds. The average molecular weight is 486 g/mol. The smallest absolute Gasteiger partial charge is 0.228 e. The summed E-state index contributed by atoms with van der Waals surface area (Å²) in [6.07, 6.45) is 2.29. The number of rotatable bonds is 11. The van der Waals surface area contributed by atoms with Crippen molar-refractivity contribution >= 4 is 44.4 Å². The Bertz CT molecular complexity index is 1020. The molecule has 0 atom stereocenters. The van der Waals surface area contributed by atoms with Gasteiger partial charge in [0.1, 0.15) is 5.75 Å². The Morgan fingerprint density at radius 2 is 2.00 bits per heavy atom. The summed E-state index contributed by atoms with van der Waals surface area (Å²) in [5.41, 5.74) is 0.875. The Kier molecular flexibility index (Phi) is 9.00. The summed E-state index contributed by atoms with van der Waals surface area (Å²) < 4.78 is 11.9. The number of carbonyl (C=O) groups excluding carboxylic acids is 1. The van der Waals surface area contributed by atoms with Gasteiger partial charge >= 0.3 is 0 Å². The van der Waals surface area contributed by atoms with Gasteiger partial charge in [0.2, 0.25) is 5.91 Å². The van der Waals surface area contributed by atoms with Crippen LogP contribution in [0.5, 0.6) is 5.75 Å². The van der Waals surface area contributed by atoms with E-state index in [-0.39, 0.29) is 5.91 Å². The molecule has 0 aliphatic carbocycles. The number of hydrogen-bond donors (Lipinski definition) is 0. The SMILES string of the molecule is COc1ccc2sc(N(CCCN3CCOCC3)C(=O)CCCSc3ccccc3)nc2c1. The van der Waals surface area contributed by atoms with Crippen LogP contribution in [0.1, 0.15) is 19.3 Å². The maximum Gasteiger partial charge on any atom is 0.228 e. The number of benzene rings is 2. The topological polar surface area (TPSA) is 54.9 Å². The van der Waals surface area contributed by atoms with Gasteiger partial charge in [-0.15, -0.1) is 11.8 Å². The molecule has 1 aliphatic rings. The maximum atomic E-state index is 13.3. The largest absolute Gasteiger partial charge is 0.497 e. The van der Waals surface area contributed by atoms with Crippen LogP contribution in [0.25, 0.3) is 10.2 Å². The highest BCUT2D eigenvalue weighted by Gasteiger charge is 2.20. The molecule has 8 heteroatoms. The predicted octanol–water partition coefficient (Wildman–Crippen LogP) is 4.93. The van der Waals surface area contributed by atoms with Gasteiger partial charge in [0.25, 0.3) is 0 Å². The molecule has 0 unspecified atom stereocenters. The van der Waals surface area contributed by atoms with E-state index in [1.54, 1.807) is 30.2 Å². The summed E-state index contributed by atoms with van der Waals surface area (Å²) in [7, 11) is 1.66. The fourth-order valence-electron chi connectivity index (χ4n) is 3.81. The van der Waals surface area contributed by atoms with Gasteiger partial charge in [-0.3, -0.25) is 14.6 Å². The highest BCUT2D eigenvalue weighted by Crippen LogP contribution is 2.32. The van der Waals surface area contributed by atoms with Crippen molar-refractivity contribution in [3.05, 3.63) is 48.5 Å². The number of ether oxygens (including phenoxy) is 2. The van der Waals surface area contributed by atoms with Gasteiger partial charge in [-0.1, -0.05) is 29.5 Å². The number of thioether (sulfide) groups is 1. The molecule has 1 saturated heterocycles.